The van der Waals surface area contributed by atoms with Crippen LogP contribution in [0.4, 0.5) is 5.69 Å². The number of hydrogen-bond donors (Lipinski definition) is 0. The van der Waals surface area contributed by atoms with E-state index >= 15 is 0 Å². The Kier molecular flexibility index (Phi) is 7.41. The van der Waals surface area contributed by atoms with Gasteiger partial charge in [0.15, 0.2) is 0 Å². The summed E-state index contributed by atoms with van der Waals surface area (Å²) in [5.41, 5.74) is 1.20. The molecule has 2 rings (SSSR count). The first-order valence-electron chi connectivity index (χ1n) is 8.45. The minimum absolute atomic E-state index is 0.0258. The minimum Gasteiger partial charge on any atom is -0.258 e. The van der Waals surface area contributed by atoms with Crippen molar-refractivity contribution in [1.82, 2.24) is 0 Å². The topological polar surface area (TPSA) is 80.1 Å². The van der Waals surface area contributed by atoms with Crippen LogP contribution in [-0.4, -0.2) is 17.6 Å². The van der Waals surface area contributed by atoms with E-state index in [1.165, 1.54) is 19.2 Å². The lowest BCUT2D eigenvalue weighted by Gasteiger charge is -2.25. The fourth-order valence-corrected chi connectivity index (χ4v) is 3.91. The van der Waals surface area contributed by atoms with Crippen LogP contribution in [0.25, 0.3) is 0 Å². The van der Waals surface area contributed by atoms with E-state index in [9.17, 15) is 10.1 Å². The van der Waals surface area contributed by atoms with Crippen LogP contribution in [0.5, 0.6) is 0 Å². The van der Waals surface area contributed by atoms with Crippen LogP contribution in [0.15, 0.2) is 54.6 Å². The Balaban J connectivity index is 2.11. The third kappa shape index (κ3) is 6.97. The lowest BCUT2D eigenvalue weighted by molar-refractivity contribution is -0.384. The molecule has 0 fully saturated rings. The zero-order valence-electron chi connectivity index (χ0n) is 16.0. The molecule has 2 aromatic carbocycles. The average Bonchev–Trinajstić information content (AvgIpc) is 2.64. The fraction of sp³-hybridized carbons (Fsp3) is 0.368. The number of nitro groups is 1. The zero-order chi connectivity index (χ0) is 19.9. The summed E-state index contributed by atoms with van der Waals surface area (Å²) in [6.45, 7) is 6.09. The summed E-state index contributed by atoms with van der Waals surface area (Å²) in [5, 5.41) is 10.8. The average molecular weight is 394 g/mol. The zero-order valence-corrected chi connectivity index (χ0v) is 16.8. The molecule has 7 nitrogen and oxygen atoms in total. The van der Waals surface area contributed by atoms with E-state index in [-0.39, 0.29) is 18.9 Å². The first kappa shape index (κ1) is 21.4. The SMILES string of the molecule is CO[P+](OCc1ccccc1)(OCc1ccc([N+](=O)[O-])cc1)OC(C)(C)C. The molecule has 0 radical (unpaired) electrons. The molecule has 2 aromatic rings. The maximum atomic E-state index is 10.8. The van der Waals surface area contributed by atoms with Crippen molar-refractivity contribution < 1.29 is 23.0 Å². The predicted octanol–water partition coefficient (Wildman–Crippen LogP) is 5.47. The highest BCUT2D eigenvalue weighted by atomic mass is 31.2. The molecule has 8 heteroatoms. The Morgan fingerprint density at radius 1 is 0.926 bits per heavy atom. The molecule has 0 aliphatic heterocycles. The summed E-state index contributed by atoms with van der Waals surface area (Å²) in [7, 11) is -1.61. The smallest absolute Gasteiger partial charge is 0.258 e. The van der Waals surface area contributed by atoms with Gasteiger partial charge >= 0.3 is 8.17 Å². The van der Waals surface area contributed by atoms with Crippen molar-refractivity contribution in [3.05, 3.63) is 75.8 Å². The van der Waals surface area contributed by atoms with Crippen molar-refractivity contribution >= 4 is 13.9 Å². The molecule has 0 amide bonds. The summed E-state index contributed by atoms with van der Waals surface area (Å²) in [6, 6.07) is 15.8. The lowest BCUT2D eigenvalue weighted by atomic mass is 10.2. The number of nitrogens with zero attached hydrogens (tertiary/aromatic N) is 1. The first-order chi connectivity index (χ1) is 12.7. The number of benzene rings is 2. The Labute approximate surface area is 160 Å². The second-order valence-electron chi connectivity index (χ2n) is 6.79. The van der Waals surface area contributed by atoms with Gasteiger partial charge in [0.25, 0.3) is 5.69 Å². The van der Waals surface area contributed by atoms with Crippen molar-refractivity contribution in [3.8, 4) is 0 Å². The lowest BCUT2D eigenvalue weighted by Crippen LogP contribution is -2.23. The third-order valence-electron chi connectivity index (χ3n) is 3.38. The molecule has 0 saturated heterocycles. The summed E-state index contributed by atoms with van der Waals surface area (Å²) in [4.78, 5) is 10.3. The molecule has 0 aliphatic carbocycles. The molecular weight excluding hydrogens is 369 g/mol. The predicted molar refractivity (Wildman–Crippen MR) is 104 cm³/mol. The summed E-state index contributed by atoms with van der Waals surface area (Å²) < 4.78 is 23.5. The van der Waals surface area contributed by atoms with Crippen molar-refractivity contribution in [1.29, 1.82) is 0 Å². The normalized spacial score (nSPS) is 13.9. The number of hydrogen-bond acceptors (Lipinski definition) is 6. The van der Waals surface area contributed by atoms with E-state index < -0.39 is 18.7 Å². The fourth-order valence-electron chi connectivity index (χ4n) is 2.16. The Morgan fingerprint density at radius 2 is 1.44 bits per heavy atom. The highest BCUT2D eigenvalue weighted by Crippen LogP contribution is 2.65. The second kappa shape index (κ2) is 9.35. The molecule has 0 heterocycles. The van der Waals surface area contributed by atoms with Crippen LogP contribution in [0.2, 0.25) is 0 Å². The van der Waals surface area contributed by atoms with E-state index in [4.69, 9.17) is 18.1 Å². The molecule has 0 aromatic heterocycles. The molecule has 0 bridgehead atoms. The van der Waals surface area contributed by atoms with Crippen molar-refractivity contribution in [2.45, 2.75) is 39.6 Å². The van der Waals surface area contributed by atoms with Crippen LogP contribution in [-0.2, 0) is 31.3 Å². The summed E-state index contributed by atoms with van der Waals surface area (Å²) in [6.07, 6.45) is 0. The summed E-state index contributed by atoms with van der Waals surface area (Å²) >= 11 is 0. The number of non-ortho nitro benzene ring substituents is 1. The van der Waals surface area contributed by atoms with Gasteiger partial charge < -0.3 is 0 Å². The second-order valence-corrected chi connectivity index (χ2v) is 8.75. The first-order valence-corrected chi connectivity index (χ1v) is 9.91. The quantitative estimate of drug-likeness (QED) is 0.319. The van der Waals surface area contributed by atoms with Gasteiger partial charge in [-0.15, -0.1) is 13.6 Å². The van der Waals surface area contributed by atoms with Crippen molar-refractivity contribution in [2.75, 3.05) is 7.11 Å². The molecule has 1 unspecified atom stereocenters. The van der Waals surface area contributed by atoms with Crippen LogP contribution in [0.1, 0.15) is 31.9 Å². The van der Waals surface area contributed by atoms with E-state index in [0.717, 1.165) is 11.1 Å². The van der Waals surface area contributed by atoms with Gasteiger partial charge in [-0.2, -0.15) is 4.52 Å². The molecular formula is C19H25NO6P+. The van der Waals surface area contributed by atoms with Crippen molar-refractivity contribution in [3.63, 3.8) is 0 Å². The highest BCUT2D eigenvalue weighted by Gasteiger charge is 2.52. The summed E-state index contributed by atoms with van der Waals surface area (Å²) in [5.74, 6) is 0. The van der Waals surface area contributed by atoms with Gasteiger partial charge in [-0.05, 0) is 44.0 Å². The maximum absolute atomic E-state index is 10.8. The van der Waals surface area contributed by atoms with Crippen LogP contribution >= 0.6 is 8.17 Å². The van der Waals surface area contributed by atoms with E-state index in [1.54, 1.807) is 12.1 Å². The van der Waals surface area contributed by atoms with E-state index in [2.05, 4.69) is 0 Å². The van der Waals surface area contributed by atoms with Crippen molar-refractivity contribution in [2.24, 2.45) is 0 Å². The minimum atomic E-state index is -3.09. The molecule has 1 atom stereocenters. The molecule has 146 valence electrons. The van der Waals surface area contributed by atoms with Crippen LogP contribution in [0, 0.1) is 10.1 Å². The monoisotopic (exact) mass is 394 g/mol. The van der Waals surface area contributed by atoms with Gasteiger partial charge in [0, 0.05) is 12.1 Å². The molecule has 0 saturated carbocycles. The molecule has 0 aliphatic rings. The molecule has 0 spiro atoms. The number of nitro benzene ring substituents is 1. The van der Waals surface area contributed by atoms with Gasteiger partial charge in [0.2, 0.25) is 0 Å². The van der Waals surface area contributed by atoms with Gasteiger partial charge in [-0.25, -0.2) is 0 Å². The third-order valence-corrected chi connectivity index (χ3v) is 5.49. The van der Waals surface area contributed by atoms with E-state index in [0.29, 0.717) is 0 Å². The molecule has 27 heavy (non-hydrogen) atoms. The van der Waals surface area contributed by atoms with Gasteiger partial charge in [0.05, 0.1) is 12.0 Å². The highest BCUT2D eigenvalue weighted by molar-refractivity contribution is 7.56. The van der Waals surface area contributed by atoms with Gasteiger partial charge in [-0.1, -0.05) is 30.3 Å². The number of rotatable bonds is 9. The van der Waals surface area contributed by atoms with Crippen LogP contribution < -0.4 is 0 Å². The van der Waals surface area contributed by atoms with Gasteiger partial charge in [-0.3, -0.25) is 10.1 Å². The maximum Gasteiger partial charge on any atom is 0.576 e. The Morgan fingerprint density at radius 3 is 1.89 bits per heavy atom. The van der Waals surface area contributed by atoms with Gasteiger partial charge in [0.1, 0.15) is 18.8 Å². The Bertz CT molecular complexity index is 732. The standard InChI is InChI=1S/C19H25NO6P/c1-19(2,3)26-27(23-4,24-14-16-8-6-5-7-9-16)25-15-17-10-12-18(13-11-17)20(21)22/h5-13H,14-15H2,1-4H3/q+1. The molecule has 0 N–H and O–H groups in total. The van der Waals surface area contributed by atoms with Crippen LogP contribution in [0.3, 0.4) is 0 Å². The largest absolute Gasteiger partial charge is 0.576 e. The Hall–Kier alpha value is -1.89. The van der Waals surface area contributed by atoms with E-state index in [1.807, 2.05) is 51.1 Å².